The normalized spacial score (nSPS) is 14.4. The summed E-state index contributed by atoms with van der Waals surface area (Å²) < 4.78 is 45.8. The number of benzene rings is 2. The van der Waals surface area contributed by atoms with E-state index in [0.29, 0.717) is 61.6 Å². The highest BCUT2D eigenvalue weighted by Gasteiger charge is 2.32. The van der Waals surface area contributed by atoms with Crippen LogP contribution < -0.4 is 4.90 Å². The Labute approximate surface area is 226 Å². The summed E-state index contributed by atoms with van der Waals surface area (Å²) in [7, 11) is 0. The smallest absolute Gasteiger partial charge is 0.354 e. The Kier molecular flexibility index (Phi) is 7.37. The first-order chi connectivity index (χ1) is 19.2. The van der Waals surface area contributed by atoms with Crippen molar-refractivity contribution in [2.24, 2.45) is 0 Å². The van der Waals surface area contributed by atoms with Crippen LogP contribution in [-0.4, -0.2) is 57.0 Å². The molecule has 0 atom stereocenters. The molecule has 1 fully saturated rings. The molecule has 13 heteroatoms. The van der Waals surface area contributed by atoms with Gasteiger partial charge in [-0.25, -0.2) is 4.98 Å². The lowest BCUT2D eigenvalue weighted by Crippen LogP contribution is -2.35. The van der Waals surface area contributed by atoms with Crippen LogP contribution in [0.2, 0.25) is 0 Å². The summed E-state index contributed by atoms with van der Waals surface area (Å²) in [5.74, 6) is 0.775. The van der Waals surface area contributed by atoms with Gasteiger partial charge in [0.15, 0.2) is 0 Å². The molecule has 0 aliphatic carbocycles. The fourth-order valence-corrected chi connectivity index (χ4v) is 4.72. The van der Waals surface area contributed by atoms with Crippen LogP contribution >= 0.6 is 0 Å². The zero-order valence-electron chi connectivity index (χ0n) is 21.5. The second-order valence-electron chi connectivity index (χ2n) is 9.44. The molecule has 0 bridgehead atoms. The van der Waals surface area contributed by atoms with Crippen molar-refractivity contribution < 1.29 is 27.4 Å². The van der Waals surface area contributed by atoms with E-state index in [1.54, 1.807) is 4.90 Å². The number of carbonyl (C=O) groups is 1. The van der Waals surface area contributed by atoms with Gasteiger partial charge in [-0.3, -0.25) is 14.9 Å². The first kappa shape index (κ1) is 27.0. The zero-order chi connectivity index (χ0) is 28.4. The number of carbonyl (C=O) groups excluding carboxylic acids is 1. The highest BCUT2D eigenvalue weighted by molar-refractivity contribution is 5.98. The van der Waals surface area contributed by atoms with Gasteiger partial charge in [-0.15, -0.1) is 0 Å². The van der Waals surface area contributed by atoms with Gasteiger partial charge in [0.05, 0.1) is 10.5 Å². The summed E-state index contributed by atoms with van der Waals surface area (Å²) in [6.45, 7) is 3.69. The number of nitro benzene ring substituents is 1. The Morgan fingerprint density at radius 2 is 1.85 bits per heavy atom. The molecule has 0 unspecified atom stereocenters. The third-order valence-corrected chi connectivity index (χ3v) is 6.71. The van der Waals surface area contributed by atoms with Crippen LogP contribution in [0.3, 0.4) is 0 Å². The largest absolute Gasteiger partial charge is 0.416 e. The molecule has 10 nitrogen and oxygen atoms in total. The molecule has 1 saturated heterocycles. The maximum atomic E-state index is 13.4. The quantitative estimate of drug-likeness (QED) is 0.226. The number of halogens is 3. The molecular weight excluding hydrogens is 529 g/mol. The number of aromatic nitrogens is 3. The van der Waals surface area contributed by atoms with Crippen molar-refractivity contribution in [2.75, 3.05) is 31.1 Å². The average molecular weight is 555 g/mol. The van der Waals surface area contributed by atoms with Gasteiger partial charge < -0.3 is 14.3 Å². The minimum absolute atomic E-state index is 0.0976. The molecule has 1 aliphatic rings. The molecular formula is C27H25F3N6O4. The second-order valence-corrected chi connectivity index (χ2v) is 9.44. The van der Waals surface area contributed by atoms with Crippen LogP contribution in [-0.2, 0) is 12.6 Å². The Bertz CT molecular complexity index is 1550. The van der Waals surface area contributed by atoms with E-state index in [0.717, 1.165) is 18.6 Å². The summed E-state index contributed by atoms with van der Waals surface area (Å²) in [5.41, 5.74) is 0.0677. The number of fused-ring (bicyclic) bond motifs is 1. The fourth-order valence-electron chi connectivity index (χ4n) is 4.72. The Hall–Kier alpha value is -4.55. The van der Waals surface area contributed by atoms with Crippen LogP contribution in [0.5, 0.6) is 0 Å². The van der Waals surface area contributed by atoms with Crippen molar-refractivity contribution in [3.05, 3.63) is 75.6 Å². The van der Waals surface area contributed by atoms with E-state index >= 15 is 0 Å². The molecule has 0 N–H and O–H groups in total. The van der Waals surface area contributed by atoms with Crippen molar-refractivity contribution in [3.63, 3.8) is 0 Å². The standard InChI is InChI=1S/C27H25F3N6O4/c1-2-5-21-31-24(22-23(33-40-25(22)32-21)18-6-3-7-19(16-18)27(28,29)30)34-12-4-13-35(15-14-34)26(37)17-8-10-20(11-9-17)36(38)39/h3,6-11,16H,2,4-5,12-15H2,1H3. The minimum atomic E-state index is -4.52. The number of nitrogens with zero attached hydrogens (tertiary/aromatic N) is 6. The number of aryl methyl sites for hydroxylation is 1. The van der Waals surface area contributed by atoms with Crippen molar-refractivity contribution in [1.29, 1.82) is 0 Å². The lowest BCUT2D eigenvalue weighted by atomic mass is 10.1. The van der Waals surface area contributed by atoms with Crippen LogP contribution in [0.15, 0.2) is 53.1 Å². The Morgan fingerprint density at radius 1 is 1.07 bits per heavy atom. The van der Waals surface area contributed by atoms with E-state index < -0.39 is 16.7 Å². The van der Waals surface area contributed by atoms with Crippen molar-refractivity contribution >= 4 is 28.5 Å². The van der Waals surface area contributed by atoms with Gasteiger partial charge in [-0.1, -0.05) is 24.2 Å². The van der Waals surface area contributed by atoms with Gasteiger partial charge in [0, 0.05) is 55.9 Å². The Morgan fingerprint density at radius 3 is 2.55 bits per heavy atom. The summed E-state index contributed by atoms with van der Waals surface area (Å²) in [6.07, 6.45) is -2.58. The van der Waals surface area contributed by atoms with E-state index in [4.69, 9.17) is 9.51 Å². The van der Waals surface area contributed by atoms with Crippen molar-refractivity contribution in [1.82, 2.24) is 20.0 Å². The number of non-ortho nitro benzene ring substituents is 1. The fraction of sp³-hybridized carbons (Fsp3) is 0.333. The monoisotopic (exact) mass is 554 g/mol. The van der Waals surface area contributed by atoms with Crippen molar-refractivity contribution in [2.45, 2.75) is 32.4 Å². The highest BCUT2D eigenvalue weighted by atomic mass is 19.4. The van der Waals surface area contributed by atoms with E-state index in [1.807, 2.05) is 11.8 Å². The lowest BCUT2D eigenvalue weighted by molar-refractivity contribution is -0.384. The zero-order valence-corrected chi connectivity index (χ0v) is 21.5. The summed E-state index contributed by atoms with van der Waals surface area (Å²) in [5, 5.41) is 15.4. The predicted octanol–water partition coefficient (Wildman–Crippen LogP) is 5.52. The third kappa shape index (κ3) is 5.44. The van der Waals surface area contributed by atoms with E-state index in [9.17, 15) is 28.1 Å². The average Bonchev–Trinajstić information content (AvgIpc) is 3.21. The molecule has 2 aromatic carbocycles. The highest BCUT2D eigenvalue weighted by Crippen LogP contribution is 2.37. The second kappa shape index (κ2) is 10.9. The number of hydrogen-bond acceptors (Lipinski definition) is 8. The number of nitro groups is 1. The van der Waals surface area contributed by atoms with E-state index in [-0.39, 0.29) is 28.6 Å². The molecule has 4 aromatic rings. The molecule has 5 rings (SSSR count). The summed E-state index contributed by atoms with van der Waals surface area (Å²) in [6, 6.07) is 10.3. The van der Waals surface area contributed by atoms with Gasteiger partial charge in [-0.2, -0.15) is 18.2 Å². The number of rotatable bonds is 6. The summed E-state index contributed by atoms with van der Waals surface area (Å²) in [4.78, 5) is 36.4. The molecule has 1 aliphatic heterocycles. The maximum Gasteiger partial charge on any atom is 0.416 e. The number of alkyl halides is 3. The molecule has 40 heavy (non-hydrogen) atoms. The van der Waals surface area contributed by atoms with Crippen LogP contribution in [0.25, 0.3) is 22.4 Å². The number of amides is 1. The van der Waals surface area contributed by atoms with Gasteiger partial charge in [-0.05, 0) is 37.1 Å². The van der Waals surface area contributed by atoms with Crippen LogP contribution in [0.4, 0.5) is 24.7 Å². The first-order valence-corrected chi connectivity index (χ1v) is 12.8. The van der Waals surface area contributed by atoms with Crippen LogP contribution in [0, 0.1) is 10.1 Å². The molecule has 2 aromatic heterocycles. The molecule has 0 radical (unpaired) electrons. The van der Waals surface area contributed by atoms with E-state index in [1.165, 1.54) is 36.4 Å². The van der Waals surface area contributed by atoms with Gasteiger partial charge in [0.25, 0.3) is 17.3 Å². The molecule has 1 amide bonds. The number of anilines is 1. The predicted molar refractivity (Wildman–Crippen MR) is 140 cm³/mol. The molecule has 0 saturated carbocycles. The SMILES string of the molecule is CCCc1nc(N2CCCN(C(=O)c3ccc([N+](=O)[O-])cc3)CC2)c2c(-c3cccc(C(F)(F)F)c3)noc2n1. The summed E-state index contributed by atoms with van der Waals surface area (Å²) >= 11 is 0. The topological polar surface area (TPSA) is 118 Å². The minimum Gasteiger partial charge on any atom is -0.354 e. The Balaban J connectivity index is 1.47. The molecule has 208 valence electrons. The lowest BCUT2D eigenvalue weighted by Gasteiger charge is -2.24. The first-order valence-electron chi connectivity index (χ1n) is 12.8. The van der Waals surface area contributed by atoms with Crippen LogP contribution in [0.1, 0.15) is 41.5 Å². The van der Waals surface area contributed by atoms with Gasteiger partial charge in [0.1, 0.15) is 22.7 Å². The van der Waals surface area contributed by atoms with Crippen molar-refractivity contribution in [3.8, 4) is 11.3 Å². The molecule has 3 heterocycles. The molecule has 0 spiro atoms. The number of hydrogen-bond donors (Lipinski definition) is 0. The van der Waals surface area contributed by atoms with Gasteiger partial charge >= 0.3 is 6.18 Å². The maximum absolute atomic E-state index is 13.4. The van der Waals surface area contributed by atoms with E-state index in [2.05, 4.69) is 10.1 Å². The van der Waals surface area contributed by atoms with Gasteiger partial charge in [0.2, 0.25) is 0 Å². The third-order valence-electron chi connectivity index (χ3n) is 6.71.